The summed E-state index contributed by atoms with van der Waals surface area (Å²) >= 11 is 0. The zero-order chi connectivity index (χ0) is 14.9. The molecule has 4 rings (SSSR count). The maximum Gasteiger partial charge on any atom is 0.157 e. The Morgan fingerprint density at radius 1 is 1.09 bits per heavy atom. The number of hydrogen-bond donors (Lipinski definition) is 1. The van der Waals surface area contributed by atoms with Crippen LogP contribution in [0.5, 0.6) is 0 Å². The lowest BCUT2D eigenvalue weighted by Crippen LogP contribution is -1.94. The molecule has 3 heterocycles. The molecule has 3 aromatic heterocycles. The molecular weight excluding hydrogens is 276 g/mol. The van der Waals surface area contributed by atoms with Crippen LogP contribution >= 0.6 is 0 Å². The van der Waals surface area contributed by atoms with Gasteiger partial charge in [0, 0.05) is 35.9 Å². The highest BCUT2D eigenvalue weighted by Gasteiger charge is 2.14. The molecule has 0 atom stereocenters. The molecule has 0 aliphatic rings. The van der Waals surface area contributed by atoms with Gasteiger partial charge in [0.2, 0.25) is 0 Å². The molecule has 108 valence electrons. The third-order valence-electron chi connectivity index (χ3n) is 3.58. The Balaban J connectivity index is 1.75. The summed E-state index contributed by atoms with van der Waals surface area (Å²) in [7, 11) is 0. The van der Waals surface area contributed by atoms with Gasteiger partial charge in [0.25, 0.3) is 0 Å². The van der Waals surface area contributed by atoms with Crippen LogP contribution in [0, 0.1) is 6.92 Å². The van der Waals surface area contributed by atoms with Crippen LogP contribution in [0.3, 0.4) is 0 Å². The monoisotopic (exact) mass is 290 g/mol. The summed E-state index contributed by atoms with van der Waals surface area (Å²) in [5.74, 6) is 0.752. The van der Waals surface area contributed by atoms with E-state index in [0.717, 1.165) is 34.0 Å². The molecule has 0 bridgehead atoms. The zero-order valence-electron chi connectivity index (χ0n) is 12.0. The highest BCUT2D eigenvalue weighted by Crippen LogP contribution is 2.32. The van der Waals surface area contributed by atoms with Gasteiger partial charge in [0.1, 0.15) is 17.0 Å². The van der Waals surface area contributed by atoms with Gasteiger partial charge < -0.3 is 14.2 Å². The number of rotatable bonds is 3. The van der Waals surface area contributed by atoms with Crippen LogP contribution in [0.2, 0.25) is 0 Å². The fourth-order valence-electron chi connectivity index (χ4n) is 2.44. The van der Waals surface area contributed by atoms with Crippen molar-refractivity contribution in [1.29, 1.82) is 0 Å². The Bertz CT molecular complexity index is 924. The summed E-state index contributed by atoms with van der Waals surface area (Å²) in [5.41, 5.74) is 4.54. The van der Waals surface area contributed by atoms with Crippen LogP contribution in [0.15, 0.2) is 65.6 Å². The lowest BCUT2D eigenvalue weighted by atomic mass is 10.1. The molecule has 1 aromatic carbocycles. The fourth-order valence-corrected chi connectivity index (χ4v) is 2.44. The van der Waals surface area contributed by atoms with Crippen LogP contribution in [0.1, 0.15) is 5.76 Å². The molecule has 0 saturated heterocycles. The fraction of sp³-hybridized carbons (Fsp3) is 0.0588. The third-order valence-corrected chi connectivity index (χ3v) is 3.58. The van der Waals surface area contributed by atoms with E-state index in [2.05, 4.69) is 15.5 Å². The summed E-state index contributed by atoms with van der Waals surface area (Å²) in [5, 5.41) is 7.57. The van der Waals surface area contributed by atoms with E-state index in [-0.39, 0.29) is 0 Å². The van der Waals surface area contributed by atoms with E-state index >= 15 is 0 Å². The minimum Gasteiger partial charge on any atom is -0.359 e. The Labute approximate surface area is 127 Å². The lowest BCUT2D eigenvalue weighted by Gasteiger charge is -2.07. The van der Waals surface area contributed by atoms with Crippen molar-refractivity contribution < 1.29 is 4.52 Å². The summed E-state index contributed by atoms with van der Waals surface area (Å²) in [6.45, 7) is 1.90. The van der Waals surface area contributed by atoms with E-state index in [0.29, 0.717) is 0 Å². The molecule has 0 aliphatic carbocycles. The standard InChI is InChI=1S/C17H14N4O/c1-12-16(17(20-22-12)13-5-3-2-4-6-13)19-14-7-9-21-10-8-18-15(21)11-14/h2-11,19H,1H3. The second-order valence-corrected chi connectivity index (χ2v) is 5.06. The SMILES string of the molecule is Cc1onc(-c2ccccc2)c1Nc1ccn2ccnc2c1. The highest BCUT2D eigenvalue weighted by molar-refractivity contribution is 5.79. The van der Waals surface area contributed by atoms with Gasteiger partial charge in [-0.1, -0.05) is 35.5 Å². The number of hydrogen-bond acceptors (Lipinski definition) is 4. The zero-order valence-corrected chi connectivity index (χ0v) is 12.0. The van der Waals surface area contributed by atoms with Crippen molar-refractivity contribution in [2.75, 3.05) is 5.32 Å². The first kappa shape index (κ1) is 12.6. The van der Waals surface area contributed by atoms with Crippen LogP contribution in [0.4, 0.5) is 11.4 Å². The second-order valence-electron chi connectivity index (χ2n) is 5.06. The number of pyridine rings is 1. The number of fused-ring (bicyclic) bond motifs is 1. The molecule has 5 nitrogen and oxygen atoms in total. The highest BCUT2D eigenvalue weighted by atomic mass is 16.5. The lowest BCUT2D eigenvalue weighted by molar-refractivity contribution is 0.400. The average molecular weight is 290 g/mol. The van der Waals surface area contributed by atoms with E-state index in [1.54, 1.807) is 6.20 Å². The van der Waals surface area contributed by atoms with Crippen molar-refractivity contribution in [3.8, 4) is 11.3 Å². The number of imidazole rings is 1. The predicted octanol–water partition coefficient (Wildman–Crippen LogP) is 4.04. The third kappa shape index (κ3) is 2.13. The van der Waals surface area contributed by atoms with E-state index in [1.807, 2.05) is 66.2 Å². The number of nitrogens with zero attached hydrogens (tertiary/aromatic N) is 3. The van der Waals surface area contributed by atoms with E-state index in [4.69, 9.17) is 4.52 Å². The summed E-state index contributed by atoms with van der Waals surface area (Å²) in [4.78, 5) is 4.30. The summed E-state index contributed by atoms with van der Waals surface area (Å²) < 4.78 is 7.32. The maximum atomic E-state index is 5.36. The Morgan fingerprint density at radius 2 is 1.95 bits per heavy atom. The maximum absolute atomic E-state index is 5.36. The molecule has 0 aliphatic heterocycles. The molecule has 1 N–H and O–H groups in total. The van der Waals surface area contributed by atoms with Crippen LogP contribution in [-0.4, -0.2) is 14.5 Å². The molecule has 5 heteroatoms. The van der Waals surface area contributed by atoms with E-state index in [9.17, 15) is 0 Å². The summed E-state index contributed by atoms with van der Waals surface area (Å²) in [6.07, 6.45) is 5.66. The molecule has 4 aromatic rings. The Morgan fingerprint density at radius 3 is 2.82 bits per heavy atom. The van der Waals surface area contributed by atoms with Crippen molar-refractivity contribution >= 4 is 17.0 Å². The van der Waals surface area contributed by atoms with Gasteiger partial charge in [-0.15, -0.1) is 0 Å². The number of aryl methyl sites for hydroxylation is 1. The number of anilines is 2. The van der Waals surface area contributed by atoms with Gasteiger partial charge in [0.15, 0.2) is 5.76 Å². The molecule has 22 heavy (non-hydrogen) atoms. The first-order valence-corrected chi connectivity index (χ1v) is 7.03. The van der Waals surface area contributed by atoms with Gasteiger partial charge in [-0.25, -0.2) is 4.98 Å². The number of benzene rings is 1. The Kier molecular flexibility index (Phi) is 2.89. The van der Waals surface area contributed by atoms with Crippen LogP contribution < -0.4 is 5.32 Å². The van der Waals surface area contributed by atoms with Gasteiger partial charge >= 0.3 is 0 Å². The van der Waals surface area contributed by atoms with Crippen LogP contribution in [0.25, 0.3) is 16.9 Å². The smallest absolute Gasteiger partial charge is 0.157 e. The molecule has 0 spiro atoms. The Hall–Kier alpha value is -3.08. The van der Waals surface area contributed by atoms with Gasteiger partial charge in [-0.3, -0.25) is 0 Å². The number of nitrogens with one attached hydrogen (secondary N) is 1. The molecule has 0 fully saturated rings. The topological polar surface area (TPSA) is 55.4 Å². The van der Waals surface area contributed by atoms with Gasteiger partial charge in [0.05, 0.1) is 0 Å². The largest absolute Gasteiger partial charge is 0.359 e. The summed E-state index contributed by atoms with van der Waals surface area (Å²) in [6, 6.07) is 14.0. The first-order chi connectivity index (χ1) is 10.8. The normalized spacial score (nSPS) is 11.0. The predicted molar refractivity (Wildman–Crippen MR) is 85.2 cm³/mol. The van der Waals surface area contributed by atoms with Gasteiger partial charge in [-0.2, -0.15) is 0 Å². The van der Waals surface area contributed by atoms with Crippen molar-refractivity contribution in [1.82, 2.24) is 14.5 Å². The minimum absolute atomic E-state index is 0.752. The van der Waals surface area contributed by atoms with Crippen LogP contribution in [-0.2, 0) is 0 Å². The van der Waals surface area contributed by atoms with E-state index < -0.39 is 0 Å². The van der Waals surface area contributed by atoms with Crippen molar-refractivity contribution in [2.45, 2.75) is 6.92 Å². The molecule has 0 amide bonds. The quantitative estimate of drug-likeness (QED) is 0.618. The molecule has 0 saturated carbocycles. The van der Waals surface area contributed by atoms with Crippen molar-refractivity contribution in [3.63, 3.8) is 0 Å². The van der Waals surface area contributed by atoms with Gasteiger partial charge in [-0.05, 0) is 13.0 Å². The molecule has 0 unspecified atom stereocenters. The first-order valence-electron chi connectivity index (χ1n) is 7.03. The number of aromatic nitrogens is 3. The molecule has 0 radical (unpaired) electrons. The average Bonchev–Trinajstić information content (AvgIpc) is 3.15. The minimum atomic E-state index is 0.752. The van der Waals surface area contributed by atoms with Crippen molar-refractivity contribution in [2.24, 2.45) is 0 Å². The molecular formula is C17H14N4O. The van der Waals surface area contributed by atoms with Crippen molar-refractivity contribution in [3.05, 3.63) is 66.8 Å². The van der Waals surface area contributed by atoms with E-state index in [1.165, 1.54) is 0 Å². The second kappa shape index (κ2) is 5.04.